The molecule has 1 aromatic carbocycles. The van der Waals surface area contributed by atoms with Crippen LogP contribution in [0.2, 0.25) is 0 Å². The Labute approximate surface area is 125 Å². The van der Waals surface area contributed by atoms with Crippen molar-refractivity contribution in [3.05, 3.63) is 59.9 Å². The second-order valence-electron chi connectivity index (χ2n) is 4.95. The van der Waals surface area contributed by atoms with E-state index >= 15 is 0 Å². The number of para-hydroxylation sites is 1. The Balaban J connectivity index is 2.12. The molecule has 0 saturated carbocycles. The number of carbonyl (C=O) groups excluding carboxylic acids is 1. The van der Waals surface area contributed by atoms with Crippen LogP contribution in [0.5, 0.6) is 0 Å². The Hall–Kier alpha value is -2.36. The van der Waals surface area contributed by atoms with E-state index in [4.69, 9.17) is 0 Å². The number of nitrogens with zero attached hydrogens (tertiary/aromatic N) is 2. The van der Waals surface area contributed by atoms with Crippen molar-refractivity contribution in [2.45, 2.75) is 19.9 Å². The maximum absolute atomic E-state index is 12.6. The van der Waals surface area contributed by atoms with Gasteiger partial charge in [-0.2, -0.15) is 0 Å². The average molecular weight is 283 g/mol. The summed E-state index contributed by atoms with van der Waals surface area (Å²) < 4.78 is 0. The molecule has 0 radical (unpaired) electrons. The maximum atomic E-state index is 12.6. The van der Waals surface area contributed by atoms with Crippen LogP contribution >= 0.6 is 0 Å². The van der Waals surface area contributed by atoms with Gasteiger partial charge in [0.1, 0.15) is 0 Å². The summed E-state index contributed by atoms with van der Waals surface area (Å²) in [7, 11) is 1.80. The lowest BCUT2D eigenvalue weighted by atomic mass is 10.1. The Bertz CT molecular complexity index is 584. The quantitative estimate of drug-likeness (QED) is 0.885. The molecule has 110 valence electrons. The van der Waals surface area contributed by atoms with Crippen LogP contribution in [0.1, 0.15) is 29.4 Å². The van der Waals surface area contributed by atoms with Crippen molar-refractivity contribution in [3.63, 3.8) is 0 Å². The van der Waals surface area contributed by atoms with E-state index in [2.05, 4.69) is 17.2 Å². The Kier molecular flexibility index (Phi) is 5.32. The van der Waals surface area contributed by atoms with Gasteiger partial charge in [-0.25, -0.2) is 0 Å². The standard InChI is InChI=1S/C17H21N3O/c1-3-11-19-16-10-5-4-9-15(16)17(21)20(2)13-14-8-6-7-12-18-14/h4-10,12,19H,3,11,13H2,1-2H3. The zero-order valence-corrected chi connectivity index (χ0v) is 12.5. The summed E-state index contributed by atoms with van der Waals surface area (Å²) in [6.45, 7) is 3.46. The molecule has 0 saturated heterocycles. The number of hydrogen-bond acceptors (Lipinski definition) is 3. The van der Waals surface area contributed by atoms with Gasteiger partial charge in [0.15, 0.2) is 0 Å². The normalized spacial score (nSPS) is 10.2. The summed E-state index contributed by atoms with van der Waals surface area (Å²) in [5.74, 6) is -0.000133. The fourth-order valence-electron chi connectivity index (χ4n) is 2.10. The van der Waals surface area contributed by atoms with Gasteiger partial charge in [-0.1, -0.05) is 25.1 Å². The second kappa shape index (κ2) is 7.43. The van der Waals surface area contributed by atoms with Gasteiger partial charge in [0, 0.05) is 25.5 Å². The molecule has 2 aromatic rings. The first-order valence-corrected chi connectivity index (χ1v) is 7.20. The van der Waals surface area contributed by atoms with Gasteiger partial charge in [0.05, 0.1) is 17.8 Å². The third-order valence-electron chi connectivity index (χ3n) is 3.19. The van der Waals surface area contributed by atoms with Crippen molar-refractivity contribution >= 4 is 11.6 Å². The first-order chi connectivity index (χ1) is 10.2. The summed E-state index contributed by atoms with van der Waals surface area (Å²) in [5.41, 5.74) is 2.47. The first kappa shape index (κ1) is 15.0. The Morgan fingerprint density at radius 3 is 2.67 bits per heavy atom. The minimum absolute atomic E-state index is 0.000133. The largest absolute Gasteiger partial charge is 0.384 e. The monoisotopic (exact) mass is 283 g/mol. The van der Waals surface area contributed by atoms with Crippen LogP contribution < -0.4 is 5.32 Å². The van der Waals surface area contributed by atoms with Crippen LogP contribution in [0.3, 0.4) is 0 Å². The minimum Gasteiger partial charge on any atom is -0.384 e. The molecular formula is C17H21N3O. The van der Waals surface area contributed by atoms with Crippen molar-refractivity contribution in [3.8, 4) is 0 Å². The van der Waals surface area contributed by atoms with Crippen LogP contribution in [0.25, 0.3) is 0 Å². The molecule has 0 aliphatic heterocycles. The molecule has 0 aliphatic carbocycles. The number of amides is 1. The SMILES string of the molecule is CCCNc1ccccc1C(=O)N(C)Cc1ccccn1. The van der Waals surface area contributed by atoms with E-state index in [1.54, 1.807) is 18.1 Å². The summed E-state index contributed by atoms with van der Waals surface area (Å²) in [5, 5.41) is 3.30. The molecule has 1 N–H and O–H groups in total. The predicted octanol–water partition coefficient (Wildman–Crippen LogP) is 3.18. The third-order valence-corrected chi connectivity index (χ3v) is 3.19. The maximum Gasteiger partial charge on any atom is 0.256 e. The van der Waals surface area contributed by atoms with Gasteiger partial charge >= 0.3 is 0 Å². The highest BCUT2D eigenvalue weighted by Gasteiger charge is 2.15. The summed E-state index contributed by atoms with van der Waals surface area (Å²) in [6.07, 6.45) is 2.76. The number of rotatable bonds is 6. The third kappa shape index (κ3) is 4.05. The van der Waals surface area contributed by atoms with E-state index in [0.717, 1.165) is 24.3 Å². The summed E-state index contributed by atoms with van der Waals surface area (Å²) >= 11 is 0. The lowest BCUT2D eigenvalue weighted by molar-refractivity contribution is 0.0784. The average Bonchev–Trinajstić information content (AvgIpc) is 2.53. The zero-order chi connectivity index (χ0) is 15.1. The number of hydrogen-bond donors (Lipinski definition) is 1. The number of anilines is 1. The molecule has 0 fully saturated rings. The number of benzene rings is 1. The van der Waals surface area contributed by atoms with E-state index < -0.39 is 0 Å². The summed E-state index contributed by atoms with van der Waals surface area (Å²) in [4.78, 5) is 18.5. The van der Waals surface area contributed by atoms with Gasteiger partial charge in [0.25, 0.3) is 5.91 Å². The molecule has 0 aliphatic rings. The van der Waals surface area contributed by atoms with Crippen molar-refractivity contribution in [1.29, 1.82) is 0 Å². The molecule has 0 spiro atoms. The topological polar surface area (TPSA) is 45.2 Å². The number of aromatic nitrogens is 1. The molecule has 4 nitrogen and oxygen atoms in total. The predicted molar refractivity (Wildman–Crippen MR) is 85.3 cm³/mol. The van der Waals surface area contributed by atoms with Gasteiger partial charge in [-0.15, -0.1) is 0 Å². The zero-order valence-electron chi connectivity index (χ0n) is 12.5. The fourth-order valence-corrected chi connectivity index (χ4v) is 2.10. The first-order valence-electron chi connectivity index (χ1n) is 7.20. The van der Waals surface area contributed by atoms with Crippen LogP contribution in [0.15, 0.2) is 48.7 Å². The van der Waals surface area contributed by atoms with Crippen molar-refractivity contribution < 1.29 is 4.79 Å². The van der Waals surface area contributed by atoms with Gasteiger partial charge in [-0.3, -0.25) is 9.78 Å². The minimum atomic E-state index is -0.000133. The van der Waals surface area contributed by atoms with E-state index in [1.165, 1.54) is 0 Å². The van der Waals surface area contributed by atoms with Crippen LogP contribution in [-0.2, 0) is 6.54 Å². The van der Waals surface area contributed by atoms with Crippen molar-refractivity contribution in [2.24, 2.45) is 0 Å². The molecule has 1 aromatic heterocycles. The van der Waals surface area contributed by atoms with Crippen LogP contribution in [-0.4, -0.2) is 29.4 Å². The molecule has 1 amide bonds. The van der Waals surface area contributed by atoms with E-state index in [0.29, 0.717) is 12.1 Å². The molecule has 2 rings (SSSR count). The summed E-state index contributed by atoms with van der Waals surface area (Å²) in [6, 6.07) is 13.3. The highest BCUT2D eigenvalue weighted by atomic mass is 16.2. The Morgan fingerprint density at radius 2 is 1.95 bits per heavy atom. The van der Waals surface area contributed by atoms with Crippen LogP contribution in [0, 0.1) is 0 Å². The molecule has 0 unspecified atom stereocenters. The lowest BCUT2D eigenvalue weighted by Gasteiger charge is -2.19. The van der Waals surface area contributed by atoms with Gasteiger partial charge in [0.2, 0.25) is 0 Å². The van der Waals surface area contributed by atoms with Gasteiger partial charge < -0.3 is 10.2 Å². The van der Waals surface area contributed by atoms with Crippen molar-refractivity contribution in [2.75, 3.05) is 18.9 Å². The van der Waals surface area contributed by atoms with E-state index in [-0.39, 0.29) is 5.91 Å². The van der Waals surface area contributed by atoms with Crippen LogP contribution in [0.4, 0.5) is 5.69 Å². The lowest BCUT2D eigenvalue weighted by Crippen LogP contribution is -2.27. The van der Waals surface area contributed by atoms with E-state index in [1.807, 2.05) is 42.5 Å². The highest BCUT2D eigenvalue weighted by molar-refractivity contribution is 5.99. The molecule has 1 heterocycles. The van der Waals surface area contributed by atoms with Gasteiger partial charge in [-0.05, 0) is 30.7 Å². The molecule has 21 heavy (non-hydrogen) atoms. The fraction of sp³-hybridized carbons (Fsp3) is 0.294. The number of nitrogens with one attached hydrogen (secondary N) is 1. The molecule has 0 atom stereocenters. The van der Waals surface area contributed by atoms with Crippen molar-refractivity contribution in [1.82, 2.24) is 9.88 Å². The van der Waals surface area contributed by atoms with E-state index in [9.17, 15) is 4.79 Å². The Morgan fingerprint density at radius 1 is 1.19 bits per heavy atom. The molecule has 0 bridgehead atoms. The number of carbonyl (C=O) groups is 1. The molecular weight excluding hydrogens is 262 g/mol. The second-order valence-corrected chi connectivity index (χ2v) is 4.95. The smallest absolute Gasteiger partial charge is 0.256 e. The number of pyridine rings is 1. The molecule has 4 heteroatoms. The highest BCUT2D eigenvalue weighted by Crippen LogP contribution is 2.17.